The first-order chi connectivity index (χ1) is 14.8. The molecule has 0 aliphatic carbocycles. The van der Waals surface area contributed by atoms with E-state index < -0.39 is 0 Å². The summed E-state index contributed by atoms with van der Waals surface area (Å²) in [7, 11) is 3.43. The average Bonchev–Trinajstić information content (AvgIpc) is 3.70. The molecule has 4 atom stereocenters. The maximum Gasteiger partial charge on any atom is 0.164 e. The maximum atomic E-state index is 5.71. The molecule has 0 aromatic heterocycles. The molecule has 2 heterocycles. The van der Waals surface area contributed by atoms with Gasteiger partial charge in [0.05, 0.1) is 13.2 Å². The van der Waals surface area contributed by atoms with Crippen molar-refractivity contribution in [1.82, 2.24) is 0 Å². The number of nitrogens with zero attached hydrogens (tertiary/aromatic N) is 2. The van der Waals surface area contributed by atoms with E-state index in [1.165, 1.54) is 11.1 Å². The van der Waals surface area contributed by atoms with E-state index in [0.717, 1.165) is 31.0 Å². The molecule has 0 N–H and O–H groups in total. The predicted octanol–water partition coefficient (Wildman–Crippen LogP) is 4.37. The molecule has 0 bridgehead atoms. The van der Waals surface area contributed by atoms with E-state index in [-0.39, 0.29) is 23.9 Å². The molecule has 2 saturated heterocycles. The largest absolute Gasteiger partial charge is 0.362 e. The number of methoxy groups -OCH3 is 2. The summed E-state index contributed by atoms with van der Waals surface area (Å²) in [6.45, 7) is 9.75. The molecule has 4 unspecified atom stereocenters. The highest BCUT2D eigenvalue weighted by atomic mass is 16.7. The summed E-state index contributed by atoms with van der Waals surface area (Å²) in [6.07, 6.45) is 0.721. The molecular formula is C25H34N2O4. The highest BCUT2D eigenvalue weighted by Gasteiger charge is 2.58. The molecule has 0 spiro atoms. The number of rotatable bonds is 10. The van der Waals surface area contributed by atoms with Gasteiger partial charge >= 0.3 is 0 Å². The van der Waals surface area contributed by atoms with Crippen LogP contribution in [0.2, 0.25) is 0 Å². The molecule has 0 saturated carbocycles. The highest BCUT2D eigenvalue weighted by Crippen LogP contribution is 2.46. The van der Waals surface area contributed by atoms with Crippen molar-refractivity contribution in [2.24, 2.45) is 0 Å². The number of ether oxygens (including phenoxy) is 4. The lowest BCUT2D eigenvalue weighted by molar-refractivity contribution is 0.0427. The van der Waals surface area contributed by atoms with Crippen LogP contribution < -0.4 is 9.80 Å². The second-order valence-corrected chi connectivity index (χ2v) is 8.85. The summed E-state index contributed by atoms with van der Waals surface area (Å²) in [5.41, 5.74) is 4.23. The van der Waals surface area contributed by atoms with Gasteiger partial charge in [0.2, 0.25) is 0 Å². The number of epoxide rings is 2. The number of hydrogen-bond acceptors (Lipinski definition) is 6. The van der Waals surface area contributed by atoms with Crippen LogP contribution in [0.15, 0.2) is 48.5 Å². The first-order valence-electron chi connectivity index (χ1n) is 10.9. The standard InChI is InChI=1S/C25H34N2O4/c1-18(28-5)26(19(2)29-6)22-11-7-20(8-12-22)15-21-9-13-23(14-10-21)27(24(3)16-30-24)25(4)17-31-25/h7-14,18-19H,15-17H2,1-6H3. The van der Waals surface area contributed by atoms with E-state index in [2.05, 4.69) is 72.2 Å². The predicted molar refractivity (Wildman–Crippen MR) is 122 cm³/mol. The van der Waals surface area contributed by atoms with Gasteiger partial charge in [-0.3, -0.25) is 0 Å². The molecule has 2 aliphatic rings. The Morgan fingerprint density at radius 2 is 1.16 bits per heavy atom. The van der Waals surface area contributed by atoms with Crippen molar-refractivity contribution in [3.63, 3.8) is 0 Å². The fourth-order valence-electron chi connectivity index (χ4n) is 4.24. The van der Waals surface area contributed by atoms with Gasteiger partial charge in [0.25, 0.3) is 0 Å². The summed E-state index contributed by atoms with van der Waals surface area (Å²) in [6, 6.07) is 17.3. The van der Waals surface area contributed by atoms with Crippen LogP contribution in [0.4, 0.5) is 11.4 Å². The van der Waals surface area contributed by atoms with Gasteiger partial charge in [0, 0.05) is 25.6 Å². The van der Waals surface area contributed by atoms with Gasteiger partial charge in [0.1, 0.15) is 12.5 Å². The Morgan fingerprint density at radius 3 is 1.52 bits per heavy atom. The van der Waals surface area contributed by atoms with Crippen LogP contribution in [0.5, 0.6) is 0 Å². The molecule has 6 nitrogen and oxygen atoms in total. The molecule has 4 rings (SSSR count). The van der Waals surface area contributed by atoms with Gasteiger partial charge in [-0.05, 0) is 69.5 Å². The van der Waals surface area contributed by atoms with Gasteiger partial charge in [-0.25, -0.2) is 0 Å². The minimum Gasteiger partial charge on any atom is -0.362 e. The van der Waals surface area contributed by atoms with Gasteiger partial charge in [-0.15, -0.1) is 0 Å². The third kappa shape index (κ3) is 4.58. The molecule has 0 radical (unpaired) electrons. The van der Waals surface area contributed by atoms with Crippen LogP contribution in [0.3, 0.4) is 0 Å². The smallest absolute Gasteiger partial charge is 0.164 e. The van der Waals surface area contributed by atoms with Crippen LogP contribution in [-0.4, -0.2) is 51.3 Å². The zero-order valence-corrected chi connectivity index (χ0v) is 19.4. The first-order valence-corrected chi connectivity index (χ1v) is 10.9. The van der Waals surface area contributed by atoms with Crippen LogP contribution in [-0.2, 0) is 25.4 Å². The summed E-state index contributed by atoms with van der Waals surface area (Å²) in [5, 5.41) is 0. The summed E-state index contributed by atoms with van der Waals surface area (Å²) in [4.78, 5) is 4.38. The van der Waals surface area contributed by atoms with Crippen molar-refractivity contribution in [3.8, 4) is 0 Å². The fourth-order valence-corrected chi connectivity index (χ4v) is 4.24. The molecule has 6 heteroatoms. The van der Waals surface area contributed by atoms with Crippen molar-refractivity contribution in [1.29, 1.82) is 0 Å². The second kappa shape index (κ2) is 8.43. The van der Waals surface area contributed by atoms with E-state index in [4.69, 9.17) is 18.9 Å². The van der Waals surface area contributed by atoms with Crippen molar-refractivity contribution < 1.29 is 18.9 Å². The molecular weight excluding hydrogens is 392 g/mol. The molecule has 2 fully saturated rings. The van der Waals surface area contributed by atoms with Crippen LogP contribution >= 0.6 is 0 Å². The summed E-state index contributed by atoms with van der Waals surface area (Å²) >= 11 is 0. The summed E-state index contributed by atoms with van der Waals surface area (Å²) < 4.78 is 22.5. The lowest BCUT2D eigenvalue weighted by Gasteiger charge is -2.34. The Hall–Kier alpha value is -2.12. The van der Waals surface area contributed by atoms with Crippen molar-refractivity contribution >= 4 is 11.4 Å². The van der Waals surface area contributed by atoms with Crippen molar-refractivity contribution in [2.75, 3.05) is 37.2 Å². The number of benzene rings is 2. The Kier molecular flexibility index (Phi) is 6.01. The van der Waals surface area contributed by atoms with Crippen molar-refractivity contribution in [3.05, 3.63) is 59.7 Å². The van der Waals surface area contributed by atoms with E-state index in [1.807, 2.05) is 13.8 Å². The topological polar surface area (TPSA) is 50.0 Å². The molecule has 2 aliphatic heterocycles. The van der Waals surface area contributed by atoms with Gasteiger partial charge in [-0.2, -0.15) is 0 Å². The maximum absolute atomic E-state index is 5.71. The number of anilines is 2. The molecule has 2 aromatic carbocycles. The van der Waals surface area contributed by atoms with E-state index in [9.17, 15) is 0 Å². The second-order valence-electron chi connectivity index (χ2n) is 8.85. The Morgan fingerprint density at radius 1 is 0.774 bits per heavy atom. The third-order valence-electron chi connectivity index (χ3n) is 6.37. The quantitative estimate of drug-likeness (QED) is 0.415. The van der Waals surface area contributed by atoms with Gasteiger partial charge in [-0.1, -0.05) is 24.3 Å². The fraction of sp³-hybridized carbons (Fsp3) is 0.520. The van der Waals surface area contributed by atoms with E-state index in [0.29, 0.717) is 0 Å². The molecule has 168 valence electrons. The SMILES string of the molecule is COC(C)N(c1ccc(Cc2ccc(N(C3(C)CO3)C3(C)CO3)cc2)cc1)C(C)OC. The summed E-state index contributed by atoms with van der Waals surface area (Å²) in [5.74, 6) is 0. The van der Waals surface area contributed by atoms with Crippen LogP contribution in [0.1, 0.15) is 38.8 Å². The highest BCUT2D eigenvalue weighted by molar-refractivity contribution is 5.54. The first kappa shape index (κ1) is 22.1. The van der Waals surface area contributed by atoms with E-state index >= 15 is 0 Å². The normalized spacial score (nSPS) is 26.3. The van der Waals surface area contributed by atoms with E-state index in [1.54, 1.807) is 14.2 Å². The van der Waals surface area contributed by atoms with Crippen LogP contribution in [0.25, 0.3) is 0 Å². The van der Waals surface area contributed by atoms with Gasteiger partial charge < -0.3 is 28.7 Å². The molecule has 31 heavy (non-hydrogen) atoms. The minimum atomic E-state index is -0.257. The molecule has 0 amide bonds. The number of hydrogen-bond donors (Lipinski definition) is 0. The Balaban J connectivity index is 1.46. The van der Waals surface area contributed by atoms with Crippen molar-refractivity contribution in [2.45, 2.75) is 58.0 Å². The Labute approximate surface area is 185 Å². The average molecular weight is 427 g/mol. The lowest BCUT2D eigenvalue weighted by Crippen LogP contribution is -2.46. The minimum absolute atomic E-state index is 0.0779. The Bertz CT molecular complexity index is 847. The third-order valence-corrected chi connectivity index (χ3v) is 6.37. The molecule has 2 aromatic rings. The zero-order chi connectivity index (χ0) is 22.2. The zero-order valence-electron chi connectivity index (χ0n) is 19.4. The lowest BCUT2D eigenvalue weighted by atomic mass is 10.0. The monoisotopic (exact) mass is 426 g/mol. The van der Waals surface area contributed by atoms with Gasteiger partial charge in [0.15, 0.2) is 11.4 Å². The van der Waals surface area contributed by atoms with Crippen LogP contribution in [0, 0.1) is 0 Å².